The maximum Gasteiger partial charge on any atom is 0.201 e. The van der Waals surface area contributed by atoms with Crippen molar-refractivity contribution in [1.29, 1.82) is 0 Å². The summed E-state index contributed by atoms with van der Waals surface area (Å²) in [6, 6.07) is 1.01. The zero-order valence-electron chi connectivity index (χ0n) is 15.2. The third kappa shape index (κ3) is 2.55. The van der Waals surface area contributed by atoms with Crippen LogP contribution in [0.2, 0.25) is 0 Å². The van der Waals surface area contributed by atoms with Gasteiger partial charge in [-0.05, 0) is 19.9 Å². The van der Waals surface area contributed by atoms with Crippen molar-refractivity contribution in [3.63, 3.8) is 0 Å². The fraction of sp³-hybridized carbons (Fsp3) is 0.263. The summed E-state index contributed by atoms with van der Waals surface area (Å²) in [6.45, 7) is 2.78. The molecule has 3 rings (SSSR count). The number of methoxy groups -OCH3 is 1. The molecule has 28 heavy (non-hydrogen) atoms. The topological polar surface area (TPSA) is 154 Å². The van der Waals surface area contributed by atoms with Crippen molar-refractivity contribution < 1.29 is 44.6 Å². The number of phenols is 5. The SMILES string of the molecule is COC1OC(c2cc(O)c(O)c(C)c2C=O)C(=O)c2c(O)c(O)c(O)c(C)c21. The molecule has 2 atom stereocenters. The molecule has 2 aromatic carbocycles. The van der Waals surface area contributed by atoms with Crippen LogP contribution in [0.3, 0.4) is 0 Å². The molecule has 0 saturated carbocycles. The summed E-state index contributed by atoms with van der Waals surface area (Å²) in [5, 5.41) is 50.0. The lowest BCUT2D eigenvalue weighted by atomic mass is 9.86. The maximum absolute atomic E-state index is 13.1. The van der Waals surface area contributed by atoms with Gasteiger partial charge < -0.3 is 35.0 Å². The molecule has 0 aromatic heterocycles. The molecular weight excluding hydrogens is 372 g/mol. The van der Waals surface area contributed by atoms with Crippen LogP contribution in [0.4, 0.5) is 0 Å². The van der Waals surface area contributed by atoms with E-state index in [4.69, 9.17) is 9.47 Å². The van der Waals surface area contributed by atoms with Crippen molar-refractivity contribution in [3.05, 3.63) is 39.4 Å². The van der Waals surface area contributed by atoms with Crippen LogP contribution in [-0.4, -0.2) is 44.7 Å². The second-order valence-electron chi connectivity index (χ2n) is 6.40. The molecular formula is C19H18O9. The number of aldehydes is 1. The van der Waals surface area contributed by atoms with E-state index in [2.05, 4.69) is 0 Å². The Hall–Kier alpha value is -3.30. The molecule has 2 unspecified atom stereocenters. The first-order chi connectivity index (χ1) is 13.1. The zero-order valence-corrected chi connectivity index (χ0v) is 15.2. The standard InChI is InChI=1S/C19H18O9/c1-6-9(5-20)8(4-10(21)13(6)22)18-16(25)12-11(19(27-3)28-18)7(2)14(23)17(26)15(12)24/h4-5,18-19,21-24,26H,1-3H3. The van der Waals surface area contributed by atoms with Gasteiger partial charge in [-0.3, -0.25) is 9.59 Å². The summed E-state index contributed by atoms with van der Waals surface area (Å²) in [5.41, 5.74) is -0.322. The van der Waals surface area contributed by atoms with Crippen molar-refractivity contribution in [3.8, 4) is 28.7 Å². The van der Waals surface area contributed by atoms with Crippen molar-refractivity contribution in [2.45, 2.75) is 26.2 Å². The van der Waals surface area contributed by atoms with Crippen molar-refractivity contribution in [1.82, 2.24) is 0 Å². The molecule has 9 heteroatoms. The van der Waals surface area contributed by atoms with Gasteiger partial charge in [0.15, 0.2) is 35.6 Å². The summed E-state index contributed by atoms with van der Waals surface area (Å²) in [7, 11) is 1.27. The summed E-state index contributed by atoms with van der Waals surface area (Å²) in [4.78, 5) is 24.7. The van der Waals surface area contributed by atoms with Crippen LogP contribution in [-0.2, 0) is 9.47 Å². The Morgan fingerprint density at radius 3 is 2.21 bits per heavy atom. The van der Waals surface area contributed by atoms with E-state index in [9.17, 15) is 35.1 Å². The Balaban J connectivity index is 2.30. The molecule has 0 aliphatic carbocycles. The fourth-order valence-corrected chi connectivity index (χ4v) is 3.37. The van der Waals surface area contributed by atoms with Crippen LogP contribution >= 0.6 is 0 Å². The highest BCUT2D eigenvalue weighted by molar-refractivity contribution is 6.06. The Morgan fingerprint density at radius 1 is 1.00 bits per heavy atom. The second kappa shape index (κ2) is 6.70. The fourth-order valence-electron chi connectivity index (χ4n) is 3.37. The van der Waals surface area contributed by atoms with E-state index in [1.165, 1.54) is 21.0 Å². The molecule has 0 radical (unpaired) electrons. The van der Waals surface area contributed by atoms with Crippen LogP contribution in [0.5, 0.6) is 28.7 Å². The maximum atomic E-state index is 13.1. The van der Waals surface area contributed by atoms with Crippen LogP contribution in [0, 0.1) is 13.8 Å². The van der Waals surface area contributed by atoms with Gasteiger partial charge in [-0.2, -0.15) is 0 Å². The highest BCUT2D eigenvalue weighted by atomic mass is 16.7. The molecule has 2 aromatic rings. The lowest BCUT2D eigenvalue weighted by Gasteiger charge is -2.33. The molecule has 1 aliphatic rings. The number of fused-ring (bicyclic) bond motifs is 1. The van der Waals surface area contributed by atoms with Gasteiger partial charge in [-0.1, -0.05) is 0 Å². The molecule has 0 amide bonds. The smallest absolute Gasteiger partial charge is 0.201 e. The number of benzene rings is 2. The van der Waals surface area contributed by atoms with E-state index >= 15 is 0 Å². The van der Waals surface area contributed by atoms with Gasteiger partial charge in [0.05, 0.1) is 5.56 Å². The lowest BCUT2D eigenvalue weighted by Crippen LogP contribution is -2.29. The van der Waals surface area contributed by atoms with Gasteiger partial charge in [-0.15, -0.1) is 0 Å². The minimum absolute atomic E-state index is 0.0314. The van der Waals surface area contributed by atoms with Gasteiger partial charge in [0.2, 0.25) is 11.5 Å². The molecule has 148 valence electrons. The Morgan fingerprint density at radius 2 is 1.64 bits per heavy atom. The predicted octanol–water partition coefficient (Wildman–Crippen LogP) is 2.24. The van der Waals surface area contributed by atoms with E-state index in [1.54, 1.807) is 0 Å². The minimum atomic E-state index is -1.49. The molecule has 0 fully saturated rings. The first kappa shape index (κ1) is 19.5. The number of ketones is 1. The van der Waals surface area contributed by atoms with Crippen molar-refractivity contribution >= 4 is 12.1 Å². The monoisotopic (exact) mass is 390 g/mol. The van der Waals surface area contributed by atoms with Crippen LogP contribution in [0.25, 0.3) is 0 Å². The average molecular weight is 390 g/mol. The molecule has 0 bridgehead atoms. The summed E-state index contributed by atoms with van der Waals surface area (Å²) in [6.07, 6.45) is -2.32. The van der Waals surface area contributed by atoms with Crippen LogP contribution < -0.4 is 0 Å². The molecule has 1 heterocycles. The summed E-state index contributed by atoms with van der Waals surface area (Å²) in [5.74, 6) is -4.26. The third-order valence-corrected chi connectivity index (χ3v) is 4.91. The van der Waals surface area contributed by atoms with E-state index in [0.29, 0.717) is 6.29 Å². The third-order valence-electron chi connectivity index (χ3n) is 4.91. The van der Waals surface area contributed by atoms with Crippen LogP contribution in [0.1, 0.15) is 55.4 Å². The largest absolute Gasteiger partial charge is 0.504 e. The number of carbonyl (C=O) groups excluding carboxylic acids is 2. The number of rotatable bonds is 3. The zero-order chi connectivity index (χ0) is 20.9. The number of hydrogen-bond donors (Lipinski definition) is 5. The summed E-state index contributed by atoms with van der Waals surface area (Å²) >= 11 is 0. The average Bonchev–Trinajstić information content (AvgIpc) is 2.68. The molecule has 0 spiro atoms. The number of Topliss-reactive ketones (excluding diaryl/α,β-unsaturated/α-hetero) is 1. The van der Waals surface area contributed by atoms with E-state index in [-0.39, 0.29) is 33.4 Å². The van der Waals surface area contributed by atoms with E-state index in [0.717, 1.165) is 6.07 Å². The van der Waals surface area contributed by atoms with Gasteiger partial charge in [0.25, 0.3) is 0 Å². The first-order valence-electron chi connectivity index (χ1n) is 8.16. The lowest BCUT2D eigenvalue weighted by molar-refractivity contribution is -0.155. The normalized spacial score (nSPS) is 18.8. The highest BCUT2D eigenvalue weighted by Gasteiger charge is 2.42. The van der Waals surface area contributed by atoms with Crippen molar-refractivity contribution in [2.24, 2.45) is 0 Å². The summed E-state index contributed by atoms with van der Waals surface area (Å²) < 4.78 is 10.9. The molecule has 9 nitrogen and oxygen atoms in total. The first-order valence-corrected chi connectivity index (χ1v) is 8.16. The molecule has 1 aliphatic heterocycles. The van der Waals surface area contributed by atoms with E-state index in [1.807, 2.05) is 0 Å². The van der Waals surface area contributed by atoms with Crippen LogP contribution in [0.15, 0.2) is 6.07 Å². The second-order valence-corrected chi connectivity index (χ2v) is 6.40. The van der Waals surface area contributed by atoms with Gasteiger partial charge in [0, 0.05) is 34.9 Å². The minimum Gasteiger partial charge on any atom is -0.504 e. The number of phenolic OH excluding ortho intramolecular Hbond substituents is 5. The van der Waals surface area contributed by atoms with Gasteiger partial charge >= 0.3 is 0 Å². The number of hydrogen-bond acceptors (Lipinski definition) is 9. The highest BCUT2D eigenvalue weighted by Crippen LogP contribution is 2.51. The Labute approximate surface area is 159 Å². The van der Waals surface area contributed by atoms with E-state index < -0.39 is 46.9 Å². The Bertz CT molecular complexity index is 1010. The quantitative estimate of drug-likeness (QED) is 0.392. The number of aromatic hydroxyl groups is 5. The number of carbonyl (C=O) groups is 2. The molecule has 0 saturated heterocycles. The number of ether oxygens (including phenoxy) is 2. The molecule has 5 N–H and O–H groups in total. The van der Waals surface area contributed by atoms with Gasteiger partial charge in [0.1, 0.15) is 6.10 Å². The Kier molecular flexibility index (Phi) is 4.66. The van der Waals surface area contributed by atoms with Crippen molar-refractivity contribution in [2.75, 3.05) is 7.11 Å². The predicted molar refractivity (Wildman–Crippen MR) is 94.0 cm³/mol. The van der Waals surface area contributed by atoms with Gasteiger partial charge in [-0.25, -0.2) is 0 Å².